The number of benzene rings is 1. The normalized spacial score (nSPS) is 13.3. The maximum absolute atomic E-state index is 11.5. The monoisotopic (exact) mass is 335 g/mol. The molecule has 102 valence electrons. The zero-order valence-electron chi connectivity index (χ0n) is 10.5. The summed E-state index contributed by atoms with van der Waals surface area (Å²) in [7, 11) is -3.16. The Bertz CT molecular complexity index is 459. The van der Waals surface area contributed by atoms with Gasteiger partial charge in [0.15, 0.2) is 0 Å². The summed E-state index contributed by atoms with van der Waals surface area (Å²) >= 11 is 3.34. The number of halogens is 1. The molecule has 0 heterocycles. The molecule has 1 aromatic carbocycles. The van der Waals surface area contributed by atoms with Crippen molar-refractivity contribution in [3.05, 3.63) is 28.7 Å². The molecule has 0 spiro atoms. The molecular formula is C12H18BrNO3S. The van der Waals surface area contributed by atoms with Crippen LogP contribution in [0.4, 0.5) is 0 Å². The second-order valence-corrected chi connectivity index (χ2v) is 6.89. The Morgan fingerprint density at radius 2 is 1.94 bits per heavy atom. The number of rotatable bonds is 7. The van der Waals surface area contributed by atoms with Gasteiger partial charge in [0.25, 0.3) is 0 Å². The van der Waals surface area contributed by atoms with E-state index < -0.39 is 10.0 Å². The van der Waals surface area contributed by atoms with Gasteiger partial charge >= 0.3 is 0 Å². The van der Waals surface area contributed by atoms with Crippen LogP contribution >= 0.6 is 15.9 Å². The van der Waals surface area contributed by atoms with E-state index in [0.717, 1.165) is 10.2 Å². The van der Waals surface area contributed by atoms with Gasteiger partial charge in [-0.3, -0.25) is 0 Å². The van der Waals surface area contributed by atoms with Crippen LogP contribution in [0.15, 0.2) is 28.7 Å². The standard InChI is InChI=1S/C12H18BrNO3S/c1-3-8-18(15,16)14-9-10(2)17-12-6-4-11(13)5-7-12/h4-7,10,14H,3,8-9H2,1-2H3. The predicted octanol–water partition coefficient (Wildman–Crippen LogP) is 2.55. The summed E-state index contributed by atoms with van der Waals surface area (Å²) in [4.78, 5) is 0. The summed E-state index contributed by atoms with van der Waals surface area (Å²) in [6, 6.07) is 7.43. The Hall–Kier alpha value is -0.590. The van der Waals surface area contributed by atoms with E-state index in [1.807, 2.05) is 38.1 Å². The van der Waals surface area contributed by atoms with E-state index >= 15 is 0 Å². The molecule has 0 aliphatic heterocycles. The summed E-state index contributed by atoms with van der Waals surface area (Å²) in [5.74, 6) is 0.873. The molecule has 0 bridgehead atoms. The van der Waals surface area contributed by atoms with Gasteiger partial charge in [-0.15, -0.1) is 0 Å². The molecule has 1 aromatic rings. The average molecular weight is 336 g/mol. The molecule has 0 fully saturated rings. The average Bonchev–Trinajstić information content (AvgIpc) is 2.30. The summed E-state index contributed by atoms with van der Waals surface area (Å²) < 4.78 is 32.0. The highest BCUT2D eigenvalue weighted by molar-refractivity contribution is 9.10. The van der Waals surface area contributed by atoms with E-state index in [4.69, 9.17) is 4.74 Å². The van der Waals surface area contributed by atoms with E-state index in [0.29, 0.717) is 6.42 Å². The summed E-state index contributed by atoms with van der Waals surface area (Å²) in [6.45, 7) is 3.94. The van der Waals surface area contributed by atoms with Gasteiger partial charge in [-0.25, -0.2) is 13.1 Å². The van der Waals surface area contributed by atoms with Crippen molar-refractivity contribution in [1.29, 1.82) is 0 Å². The largest absolute Gasteiger partial charge is 0.489 e. The first-order valence-corrected chi connectivity index (χ1v) is 8.27. The molecule has 0 aromatic heterocycles. The Labute approximate surface area is 117 Å². The SMILES string of the molecule is CCCS(=O)(=O)NCC(C)Oc1ccc(Br)cc1. The molecule has 6 heteroatoms. The number of ether oxygens (including phenoxy) is 1. The minimum absolute atomic E-state index is 0.151. The first kappa shape index (κ1) is 15.5. The van der Waals surface area contributed by atoms with Gasteiger partial charge in [-0.1, -0.05) is 22.9 Å². The first-order chi connectivity index (χ1) is 8.43. The van der Waals surface area contributed by atoms with Gasteiger partial charge < -0.3 is 4.74 Å². The van der Waals surface area contributed by atoms with E-state index in [1.54, 1.807) is 0 Å². The lowest BCUT2D eigenvalue weighted by molar-refractivity contribution is 0.225. The lowest BCUT2D eigenvalue weighted by atomic mass is 10.3. The van der Waals surface area contributed by atoms with Crippen molar-refractivity contribution in [2.24, 2.45) is 0 Å². The van der Waals surface area contributed by atoms with Gasteiger partial charge in [-0.2, -0.15) is 0 Å². The third-order valence-corrected chi connectivity index (χ3v) is 4.30. The summed E-state index contributed by atoms with van der Waals surface area (Å²) in [5.41, 5.74) is 0. The van der Waals surface area contributed by atoms with Crippen LogP contribution in [0.1, 0.15) is 20.3 Å². The van der Waals surface area contributed by atoms with Gasteiger partial charge in [-0.05, 0) is 37.6 Å². The van der Waals surface area contributed by atoms with Gasteiger partial charge in [0.1, 0.15) is 11.9 Å². The third kappa shape index (κ3) is 5.84. The van der Waals surface area contributed by atoms with Crippen LogP contribution in [0.25, 0.3) is 0 Å². The lowest BCUT2D eigenvalue weighted by Crippen LogP contribution is -2.34. The van der Waals surface area contributed by atoms with E-state index in [9.17, 15) is 8.42 Å². The maximum atomic E-state index is 11.5. The van der Waals surface area contributed by atoms with Crippen molar-refractivity contribution < 1.29 is 13.2 Å². The molecule has 1 unspecified atom stereocenters. The number of sulfonamides is 1. The minimum atomic E-state index is -3.16. The van der Waals surface area contributed by atoms with Crippen molar-refractivity contribution in [2.45, 2.75) is 26.4 Å². The highest BCUT2D eigenvalue weighted by Crippen LogP contribution is 2.17. The summed E-state index contributed by atoms with van der Waals surface area (Å²) in [6.07, 6.45) is 0.398. The second-order valence-electron chi connectivity index (χ2n) is 4.05. The molecular weight excluding hydrogens is 318 g/mol. The Balaban J connectivity index is 2.42. The van der Waals surface area contributed by atoms with Gasteiger partial charge in [0.2, 0.25) is 10.0 Å². The highest BCUT2D eigenvalue weighted by atomic mass is 79.9. The van der Waals surface area contributed by atoms with Crippen molar-refractivity contribution >= 4 is 26.0 Å². The van der Waals surface area contributed by atoms with Crippen LogP contribution in [0.5, 0.6) is 5.75 Å². The fraction of sp³-hybridized carbons (Fsp3) is 0.500. The number of hydrogen-bond acceptors (Lipinski definition) is 3. The Morgan fingerprint density at radius 3 is 2.50 bits per heavy atom. The van der Waals surface area contributed by atoms with E-state index in [1.165, 1.54) is 0 Å². The molecule has 1 atom stereocenters. The van der Waals surface area contributed by atoms with Crippen LogP contribution < -0.4 is 9.46 Å². The zero-order valence-corrected chi connectivity index (χ0v) is 12.9. The van der Waals surface area contributed by atoms with Crippen LogP contribution in [0.3, 0.4) is 0 Å². The van der Waals surface area contributed by atoms with Crippen LogP contribution in [-0.4, -0.2) is 26.8 Å². The molecule has 0 radical (unpaired) electrons. The van der Waals surface area contributed by atoms with Crippen LogP contribution in [0, 0.1) is 0 Å². The molecule has 0 aliphatic rings. The maximum Gasteiger partial charge on any atom is 0.211 e. The van der Waals surface area contributed by atoms with Crippen molar-refractivity contribution in [3.63, 3.8) is 0 Å². The highest BCUT2D eigenvalue weighted by Gasteiger charge is 2.11. The predicted molar refractivity (Wildman–Crippen MR) is 76.3 cm³/mol. The smallest absolute Gasteiger partial charge is 0.211 e. The lowest BCUT2D eigenvalue weighted by Gasteiger charge is -2.15. The molecule has 4 nitrogen and oxygen atoms in total. The number of nitrogens with one attached hydrogen (secondary N) is 1. The Kier molecular flexibility index (Phi) is 6.11. The fourth-order valence-corrected chi connectivity index (χ4v) is 2.81. The van der Waals surface area contributed by atoms with Crippen molar-refractivity contribution in [3.8, 4) is 5.75 Å². The molecule has 0 saturated carbocycles. The topological polar surface area (TPSA) is 55.4 Å². The fourth-order valence-electron chi connectivity index (χ4n) is 1.37. The van der Waals surface area contributed by atoms with Crippen LogP contribution in [0.2, 0.25) is 0 Å². The van der Waals surface area contributed by atoms with Gasteiger partial charge in [0.05, 0.1) is 5.75 Å². The Morgan fingerprint density at radius 1 is 1.33 bits per heavy atom. The molecule has 0 saturated heterocycles. The minimum Gasteiger partial charge on any atom is -0.489 e. The number of hydrogen-bond donors (Lipinski definition) is 1. The molecule has 0 amide bonds. The van der Waals surface area contributed by atoms with E-state index in [-0.39, 0.29) is 18.4 Å². The quantitative estimate of drug-likeness (QED) is 0.833. The van der Waals surface area contributed by atoms with E-state index in [2.05, 4.69) is 20.7 Å². The third-order valence-electron chi connectivity index (χ3n) is 2.21. The molecule has 1 N–H and O–H groups in total. The van der Waals surface area contributed by atoms with Crippen molar-refractivity contribution in [2.75, 3.05) is 12.3 Å². The molecule has 18 heavy (non-hydrogen) atoms. The molecule has 0 aliphatic carbocycles. The zero-order chi connectivity index (χ0) is 13.6. The summed E-state index contributed by atoms with van der Waals surface area (Å²) in [5, 5.41) is 0. The first-order valence-electron chi connectivity index (χ1n) is 5.82. The van der Waals surface area contributed by atoms with Crippen molar-refractivity contribution in [1.82, 2.24) is 4.72 Å². The second kappa shape index (κ2) is 7.11. The van der Waals surface area contributed by atoms with Gasteiger partial charge in [0, 0.05) is 11.0 Å². The van der Waals surface area contributed by atoms with Crippen LogP contribution in [-0.2, 0) is 10.0 Å². The molecule has 1 rings (SSSR count).